The third-order valence-electron chi connectivity index (χ3n) is 4.64. The fourth-order valence-corrected chi connectivity index (χ4v) is 4.25. The number of benzene rings is 1. The van der Waals surface area contributed by atoms with E-state index in [1.165, 1.54) is 23.5 Å². The lowest BCUT2D eigenvalue weighted by atomic mass is 10.0. The largest absolute Gasteiger partial charge is 0.481 e. The van der Waals surface area contributed by atoms with Gasteiger partial charge in [0.05, 0.1) is 16.6 Å². The molecule has 0 saturated carbocycles. The molecule has 1 N–H and O–H groups in total. The number of aryl methyl sites for hydroxylation is 1. The molecule has 0 radical (unpaired) electrons. The molecule has 2 atom stereocenters. The average molecular weight is 362 g/mol. The summed E-state index contributed by atoms with van der Waals surface area (Å²) < 4.78 is 13.0. The molecule has 1 saturated heterocycles. The second-order valence-electron chi connectivity index (χ2n) is 6.30. The minimum atomic E-state index is -0.860. The zero-order chi connectivity index (χ0) is 18.1. The van der Waals surface area contributed by atoms with Crippen LogP contribution in [0.5, 0.6) is 0 Å². The Balaban J connectivity index is 1.77. The highest BCUT2D eigenvalue weighted by molar-refractivity contribution is 7.13. The van der Waals surface area contributed by atoms with Crippen LogP contribution in [0.25, 0.3) is 0 Å². The van der Waals surface area contributed by atoms with Crippen molar-refractivity contribution >= 4 is 23.2 Å². The van der Waals surface area contributed by atoms with E-state index in [1.54, 1.807) is 30.9 Å². The summed E-state index contributed by atoms with van der Waals surface area (Å²) in [6.45, 7) is 4.01. The molecule has 2 heterocycles. The van der Waals surface area contributed by atoms with Crippen LogP contribution < -0.4 is 0 Å². The summed E-state index contributed by atoms with van der Waals surface area (Å²) in [6, 6.07) is 5.88. The predicted molar refractivity (Wildman–Crippen MR) is 92.3 cm³/mol. The Labute approximate surface area is 149 Å². The number of halogens is 1. The first kappa shape index (κ1) is 17.5. The maximum Gasteiger partial charge on any atom is 0.308 e. The molecular weight excluding hydrogens is 343 g/mol. The maximum atomic E-state index is 13.0. The summed E-state index contributed by atoms with van der Waals surface area (Å²) >= 11 is 1.32. The molecule has 1 fully saturated rings. The van der Waals surface area contributed by atoms with Crippen molar-refractivity contribution in [3.63, 3.8) is 0 Å². The second kappa shape index (κ2) is 6.92. The second-order valence-corrected chi connectivity index (χ2v) is 7.38. The molecule has 1 aromatic heterocycles. The SMILES string of the molecule is Cc1nc(Cc2ccc(F)cc2)sc1C(=O)N1CCC(C(=O)O)C1C. The van der Waals surface area contributed by atoms with Gasteiger partial charge in [-0.3, -0.25) is 9.59 Å². The number of hydrogen-bond acceptors (Lipinski definition) is 4. The first-order chi connectivity index (χ1) is 11.9. The zero-order valence-electron chi connectivity index (χ0n) is 14.0. The number of aromatic nitrogens is 1. The van der Waals surface area contributed by atoms with Crippen LogP contribution in [0.2, 0.25) is 0 Å². The molecular formula is C18H19FN2O3S. The number of likely N-dealkylation sites (tertiary alicyclic amines) is 1. The highest BCUT2D eigenvalue weighted by atomic mass is 32.1. The highest BCUT2D eigenvalue weighted by Gasteiger charge is 2.39. The molecule has 0 bridgehead atoms. The number of nitrogens with zero attached hydrogens (tertiary/aromatic N) is 2. The van der Waals surface area contributed by atoms with Crippen LogP contribution in [0.1, 0.15) is 39.3 Å². The van der Waals surface area contributed by atoms with E-state index in [9.17, 15) is 19.1 Å². The van der Waals surface area contributed by atoms with Gasteiger partial charge in [0.15, 0.2) is 0 Å². The molecule has 5 nitrogen and oxygen atoms in total. The van der Waals surface area contributed by atoms with Crippen LogP contribution in [0.4, 0.5) is 4.39 Å². The van der Waals surface area contributed by atoms with E-state index in [1.807, 2.05) is 0 Å². The zero-order valence-corrected chi connectivity index (χ0v) is 14.8. The van der Waals surface area contributed by atoms with Gasteiger partial charge in [-0.25, -0.2) is 9.37 Å². The number of hydrogen-bond donors (Lipinski definition) is 1. The highest BCUT2D eigenvalue weighted by Crippen LogP contribution is 2.29. The molecule has 1 aromatic carbocycles. The summed E-state index contributed by atoms with van der Waals surface area (Å²) in [5.41, 5.74) is 1.58. The van der Waals surface area contributed by atoms with Gasteiger partial charge in [0.25, 0.3) is 5.91 Å². The number of aliphatic carboxylic acids is 1. The Morgan fingerprint density at radius 1 is 1.36 bits per heavy atom. The van der Waals surface area contributed by atoms with Gasteiger partial charge in [-0.05, 0) is 38.0 Å². The fourth-order valence-electron chi connectivity index (χ4n) is 3.19. The van der Waals surface area contributed by atoms with E-state index >= 15 is 0 Å². The third kappa shape index (κ3) is 3.56. The van der Waals surface area contributed by atoms with Crippen molar-refractivity contribution in [2.45, 2.75) is 32.7 Å². The van der Waals surface area contributed by atoms with Crippen LogP contribution in [0, 0.1) is 18.7 Å². The minimum absolute atomic E-state index is 0.156. The number of carbonyl (C=O) groups excluding carboxylic acids is 1. The van der Waals surface area contributed by atoms with Crippen molar-refractivity contribution in [2.24, 2.45) is 5.92 Å². The number of rotatable bonds is 4. The summed E-state index contributed by atoms with van der Waals surface area (Å²) in [4.78, 5) is 30.7. The van der Waals surface area contributed by atoms with Crippen molar-refractivity contribution in [2.75, 3.05) is 6.54 Å². The van der Waals surface area contributed by atoms with Gasteiger partial charge >= 0.3 is 5.97 Å². The number of thiazole rings is 1. The summed E-state index contributed by atoms with van der Waals surface area (Å²) in [5.74, 6) is -1.82. The minimum Gasteiger partial charge on any atom is -0.481 e. The molecule has 3 rings (SSSR count). The smallest absolute Gasteiger partial charge is 0.308 e. The van der Waals surface area contributed by atoms with Crippen LogP contribution >= 0.6 is 11.3 Å². The van der Waals surface area contributed by atoms with E-state index in [-0.39, 0.29) is 17.8 Å². The normalized spacial score (nSPS) is 20.0. The average Bonchev–Trinajstić information content (AvgIpc) is 3.12. The topological polar surface area (TPSA) is 70.5 Å². The molecule has 2 unspecified atom stereocenters. The lowest BCUT2D eigenvalue weighted by Crippen LogP contribution is -2.37. The van der Waals surface area contributed by atoms with Crippen LogP contribution in [-0.2, 0) is 11.2 Å². The molecule has 1 aliphatic rings. The molecule has 0 aliphatic carbocycles. The summed E-state index contributed by atoms with van der Waals surface area (Å²) in [6.07, 6.45) is 1.01. The van der Waals surface area contributed by atoms with Crippen molar-refractivity contribution in [1.82, 2.24) is 9.88 Å². The number of carboxylic acid groups (broad SMARTS) is 1. The van der Waals surface area contributed by atoms with Gasteiger partial charge in [-0.1, -0.05) is 12.1 Å². The first-order valence-corrected chi connectivity index (χ1v) is 8.93. The van der Waals surface area contributed by atoms with Crippen molar-refractivity contribution in [3.05, 3.63) is 51.2 Å². The maximum absolute atomic E-state index is 13.0. The third-order valence-corrected chi connectivity index (χ3v) is 5.78. The van der Waals surface area contributed by atoms with Gasteiger partial charge in [0.2, 0.25) is 0 Å². The number of amides is 1. The molecule has 0 spiro atoms. The molecule has 25 heavy (non-hydrogen) atoms. The Morgan fingerprint density at radius 3 is 2.64 bits per heavy atom. The van der Waals surface area contributed by atoms with Crippen molar-refractivity contribution < 1.29 is 19.1 Å². The number of carboxylic acids is 1. The molecule has 7 heteroatoms. The van der Waals surface area contributed by atoms with E-state index in [0.29, 0.717) is 30.0 Å². The molecule has 1 amide bonds. The molecule has 1 aliphatic heterocycles. The molecule has 132 valence electrons. The van der Waals surface area contributed by atoms with E-state index in [2.05, 4.69) is 4.98 Å². The first-order valence-electron chi connectivity index (χ1n) is 8.11. The van der Waals surface area contributed by atoms with E-state index < -0.39 is 11.9 Å². The van der Waals surface area contributed by atoms with Crippen molar-refractivity contribution in [1.29, 1.82) is 0 Å². The lowest BCUT2D eigenvalue weighted by Gasteiger charge is -2.22. The fraction of sp³-hybridized carbons (Fsp3) is 0.389. The van der Waals surface area contributed by atoms with Crippen LogP contribution in [0.15, 0.2) is 24.3 Å². The van der Waals surface area contributed by atoms with Gasteiger partial charge in [-0.2, -0.15) is 0 Å². The summed E-state index contributed by atoms with van der Waals surface area (Å²) in [7, 11) is 0. The Morgan fingerprint density at radius 2 is 2.04 bits per heavy atom. The Kier molecular flexibility index (Phi) is 4.85. The van der Waals surface area contributed by atoms with E-state index in [4.69, 9.17) is 0 Å². The van der Waals surface area contributed by atoms with E-state index in [0.717, 1.165) is 10.6 Å². The predicted octanol–water partition coefficient (Wildman–Crippen LogP) is 3.12. The van der Waals surface area contributed by atoms with Gasteiger partial charge in [0, 0.05) is 19.0 Å². The Bertz CT molecular complexity index is 803. The van der Waals surface area contributed by atoms with Gasteiger partial charge < -0.3 is 10.0 Å². The van der Waals surface area contributed by atoms with Gasteiger partial charge in [-0.15, -0.1) is 11.3 Å². The Hall–Kier alpha value is -2.28. The number of carbonyl (C=O) groups is 2. The standard InChI is InChI=1S/C18H19FN2O3S/c1-10-16(17(22)21-8-7-14(11(21)2)18(23)24)25-15(20-10)9-12-3-5-13(19)6-4-12/h3-6,11,14H,7-9H2,1-2H3,(H,23,24). The quantitative estimate of drug-likeness (QED) is 0.907. The van der Waals surface area contributed by atoms with Crippen molar-refractivity contribution in [3.8, 4) is 0 Å². The van der Waals surface area contributed by atoms with Crippen LogP contribution in [-0.4, -0.2) is 39.5 Å². The van der Waals surface area contributed by atoms with Gasteiger partial charge in [0.1, 0.15) is 10.7 Å². The lowest BCUT2D eigenvalue weighted by molar-refractivity contribution is -0.142. The molecule has 2 aromatic rings. The monoisotopic (exact) mass is 362 g/mol. The van der Waals surface area contributed by atoms with Crippen LogP contribution in [0.3, 0.4) is 0 Å². The summed E-state index contributed by atoms with van der Waals surface area (Å²) in [5, 5.41) is 10.0.